The predicted octanol–water partition coefficient (Wildman–Crippen LogP) is 2.34. The molecule has 0 unspecified atom stereocenters. The highest BCUT2D eigenvalue weighted by atomic mass is 16.1. The summed E-state index contributed by atoms with van der Waals surface area (Å²) < 4.78 is 0. The van der Waals surface area contributed by atoms with Crippen LogP contribution in [0.15, 0.2) is 24.3 Å². The highest BCUT2D eigenvalue weighted by Crippen LogP contribution is 2.06. The normalized spacial score (nSPS) is 10.5. The van der Waals surface area contributed by atoms with Gasteiger partial charge >= 0.3 is 0 Å². The molecule has 0 radical (unpaired) electrons. The van der Waals surface area contributed by atoms with Gasteiger partial charge in [-0.05, 0) is 24.7 Å². The molecule has 2 nitrogen and oxygen atoms in total. The zero-order valence-corrected chi connectivity index (χ0v) is 8.86. The van der Waals surface area contributed by atoms with Gasteiger partial charge in [0.2, 0.25) is 0 Å². The van der Waals surface area contributed by atoms with Gasteiger partial charge in [0.15, 0.2) is 0 Å². The smallest absolute Gasteiger partial charge is 0.150 e. The van der Waals surface area contributed by atoms with E-state index in [1.165, 1.54) is 5.56 Å². The monoisotopic (exact) mass is 191 g/mol. The van der Waals surface area contributed by atoms with Gasteiger partial charge in [-0.2, -0.15) is 0 Å². The van der Waals surface area contributed by atoms with Crippen LogP contribution in [0.2, 0.25) is 0 Å². The summed E-state index contributed by atoms with van der Waals surface area (Å²) in [5.74, 6) is 0. The highest BCUT2D eigenvalue weighted by Gasteiger charge is 2.01. The Bertz CT molecular complexity index is 292. The topological polar surface area (TPSA) is 20.3 Å². The van der Waals surface area contributed by atoms with E-state index >= 15 is 0 Å². The summed E-state index contributed by atoms with van der Waals surface area (Å²) in [4.78, 5) is 12.9. The van der Waals surface area contributed by atoms with Crippen LogP contribution in [-0.4, -0.2) is 24.3 Å². The number of aldehydes is 1. The van der Waals surface area contributed by atoms with Crippen LogP contribution in [0.25, 0.3) is 0 Å². The minimum atomic E-state index is 0.759. The largest absolute Gasteiger partial charge is 0.300 e. The summed E-state index contributed by atoms with van der Waals surface area (Å²) in [7, 11) is 0. The summed E-state index contributed by atoms with van der Waals surface area (Å²) in [6.07, 6.45) is 0.895. The fraction of sp³-hybridized carbons (Fsp3) is 0.417. The van der Waals surface area contributed by atoms with Gasteiger partial charge in [-0.3, -0.25) is 9.69 Å². The molecule has 0 saturated carbocycles. The van der Waals surface area contributed by atoms with Crippen LogP contribution in [0.5, 0.6) is 0 Å². The zero-order chi connectivity index (χ0) is 10.4. The maximum Gasteiger partial charge on any atom is 0.150 e. The fourth-order valence-corrected chi connectivity index (χ4v) is 1.47. The van der Waals surface area contributed by atoms with E-state index in [1.54, 1.807) is 0 Å². The van der Waals surface area contributed by atoms with Crippen molar-refractivity contribution < 1.29 is 4.79 Å². The van der Waals surface area contributed by atoms with Crippen LogP contribution >= 0.6 is 0 Å². The molecule has 0 heterocycles. The van der Waals surface area contributed by atoms with E-state index in [4.69, 9.17) is 0 Å². The lowest BCUT2D eigenvalue weighted by molar-refractivity contribution is 0.112. The Hall–Kier alpha value is -1.15. The first-order chi connectivity index (χ1) is 6.80. The Morgan fingerprint density at radius 2 is 2.00 bits per heavy atom. The van der Waals surface area contributed by atoms with Crippen molar-refractivity contribution in [2.45, 2.75) is 20.4 Å². The van der Waals surface area contributed by atoms with Gasteiger partial charge in [-0.25, -0.2) is 0 Å². The molecule has 0 aliphatic carbocycles. The first-order valence-electron chi connectivity index (χ1n) is 5.06. The molecule has 0 fully saturated rings. The van der Waals surface area contributed by atoms with Crippen LogP contribution in [0.4, 0.5) is 0 Å². The number of rotatable bonds is 5. The second-order valence-electron chi connectivity index (χ2n) is 3.32. The van der Waals surface area contributed by atoms with Gasteiger partial charge in [0.05, 0.1) is 0 Å². The van der Waals surface area contributed by atoms with Gasteiger partial charge in [0, 0.05) is 12.1 Å². The van der Waals surface area contributed by atoms with Gasteiger partial charge in [0.25, 0.3) is 0 Å². The first-order valence-corrected chi connectivity index (χ1v) is 5.06. The van der Waals surface area contributed by atoms with Gasteiger partial charge in [0.1, 0.15) is 6.29 Å². The quantitative estimate of drug-likeness (QED) is 0.666. The highest BCUT2D eigenvalue weighted by molar-refractivity contribution is 5.74. The van der Waals surface area contributed by atoms with E-state index in [0.29, 0.717) is 0 Å². The van der Waals surface area contributed by atoms with Gasteiger partial charge in [-0.15, -0.1) is 0 Å². The Morgan fingerprint density at radius 1 is 1.29 bits per heavy atom. The third-order valence-corrected chi connectivity index (χ3v) is 2.39. The Balaban J connectivity index is 2.70. The average molecular weight is 191 g/mol. The van der Waals surface area contributed by atoms with Crippen LogP contribution in [-0.2, 0) is 6.54 Å². The van der Waals surface area contributed by atoms with Crippen LogP contribution in [0.1, 0.15) is 29.8 Å². The number of carbonyl (C=O) groups is 1. The van der Waals surface area contributed by atoms with Gasteiger partial charge in [-0.1, -0.05) is 32.0 Å². The molecule has 0 atom stereocenters. The van der Waals surface area contributed by atoms with Crippen LogP contribution < -0.4 is 0 Å². The van der Waals surface area contributed by atoms with E-state index in [9.17, 15) is 4.79 Å². The zero-order valence-electron chi connectivity index (χ0n) is 8.86. The Morgan fingerprint density at radius 3 is 2.57 bits per heavy atom. The van der Waals surface area contributed by atoms with Crippen molar-refractivity contribution in [3.05, 3.63) is 35.4 Å². The molecule has 0 amide bonds. The van der Waals surface area contributed by atoms with Gasteiger partial charge < -0.3 is 0 Å². The molecular weight excluding hydrogens is 174 g/mol. The molecule has 1 aromatic carbocycles. The molecule has 0 bridgehead atoms. The molecule has 14 heavy (non-hydrogen) atoms. The summed E-state index contributed by atoms with van der Waals surface area (Å²) >= 11 is 0. The lowest BCUT2D eigenvalue weighted by atomic mass is 10.1. The van der Waals surface area contributed by atoms with Crippen molar-refractivity contribution in [3.8, 4) is 0 Å². The Kier molecular flexibility index (Phi) is 4.33. The lowest BCUT2D eigenvalue weighted by Gasteiger charge is -2.17. The van der Waals surface area contributed by atoms with Crippen molar-refractivity contribution in [2.24, 2.45) is 0 Å². The fourth-order valence-electron chi connectivity index (χ4n) is 1.47. The van der Waals surface area contributed by atoms with Crippen molar-refractivity contribution in [1.29, 1.82) is 0 Å². The van der Waals surface area contributed by atoms with E-state index in [2.05, 4.69) is 24.8 Å². The Labute approximate surface area is 85.5 Å². The van der Waals surface area contributed by atoms with E-state index in [-0.39, 0.29) is 0 Å². The molecule has 1 rings (SSSR count). The van der Waals surface area contributed by atoms with Crippen molar-refractivity contribution in [2.75, 3.05) is 13.1 Å². The second kappa shape index (κ2) is 5.55. The minimum Gasteiger partial charge on any atom is -0.300 e. The number of nitrogens with zero attached hydrogens (tertiary/aromatic N) is 1. The molecule has 76 valence electrons. The molecular formula is C12H17NO. The van der Waals surface area contributed by atoms with Crippen molar-refractivity contribution >= 4 is 6.29 Å². The second-order valence-corrected chi connectivity index (χ2v) is 3.32. The number of hydrogen-bond acceptors (Lipinski definition) is 2. The maximum atomic E-state index is 10.6. The number of carbonyl (C=O) groups excluding carboxylic acids is 1. The summed E-state index contributed by atoms with van der Waals surface area (Å²) in [5.41, 5.74) is 1.97. The molecule has 0 spiro atoms. The summed E-state index contributed by atoms with van der Waals surface area (Å²) in [6.45, 7) is 7.30. The van der Waals surface area contributed by atoms with E-state index in [0.717, 1.165) is 31.5 Å². The summed E-state index contributed by atoms with van der Waals surface area (Å²) in [6, 6.07) is 7.78. The number of hydrogen-bond donors (Lipinski definition) is 0. The SMILES string of the molecule is CCN(CC)Cc1cccc(C=O)c1. The van der Waals surface area contributed by atoms with E-state index < -0.39 is 0 Å². The molecule has 2 heteroatoms. The van der Waals surface area contributed by atoms with Crippen LogP contribution in [0, 0.1) is 0 Å². The standard InChI is InChI=1S/C12H17NO/c1-3-13(4-2)9-11-6-5-7-12(8-11)10-14/h5-8,10H,3-4,9H2,1-2H3. The molecule has 0 saturated heterocycles. The average Bonchev–Trinajstić information content (AvgIpc) is 2.26. The molecule has 1 aromatic rings. The maximum absolute atomic E-state index is 10.6. The predicted molar refractivity (Wildman–Crippen MR) is 58.5 cm³/mol. The molecule has 0 aliphatic heterocycles. The number of benzene rings is 1. The van der Waals surface area contributed by atoms with Crippen molar-refractivity contribution in [1.82, 2.24) is 4.90 Å². The third-order valence-electron chi connectivity index (χ3n) is 2.39. The van der Waals surface area contributed by atoms with Crippen molar-refractivity contribution in [3.63, 3.8) is 0 Å². The minimum absolute atomic E-state index is 0.759. The first kappa shape index (κ1) is 10.9. The molecule has 0 aliphatic rings. The molecule has 0 aromatic heterocycles. The lowest BCUT2D eigenvalue weighted by Crippen LogP contribution is -2.22. The third kappa shape index (κ3) is 2.96. The molecule has 0 N–H and O–H groups in total. The van der Waals surface area contributed by atoms with E-state index in [1.807, 2.05) is 18.2 Å². The summed E-state index contributed by atoms with van der Waals surface area (Å²) in [5, 5.41) is 0. The van der Waals surface area contributed by atoms with Crippen LogP contribution in [0.3, 0.4) is 0 Å².